The first-order chi connectivity index (χ1) is 12.0. The van der Waals surface area contributed by atoms with Crippen molar-refractivity contribution in [3.63, 3.8) is 0 Å². The molecule has 6 heteroatoms. The molecule has 0 unspecified atom stereocenters. The molecule has 1 saturated heterocycles. The largest absolute Gasteiger partial charge is 0.416 e. The van der Waals surface area contributed by atoms with E-state index in [1.807, 2.05) is 11.0 Å². The lowest BCUT2D eigenvalue weighted by molar-refractivity contribution is -0.137. The van der Waals surface area contributed by atoms with E-state index >= 15 is 0 Å². The van der Waals surface area contributed by atoms with E-state index in [1.54, 1.807) is 0 Å². The van der Waals surface area contributed by atoms with Gasteiger partial charge in [0, 0.05) is 13.1 Å². The average Bonchev–Trinajstić information content (AvgIpc) is 2.62. The second kappa shape index (κ2) is 7.65. The molecule has 0 N–H and O–H groups in total. The molecule has 1 saturated carbocycles. The third-order valence-corrected chi connectivity index (χ3v) is 5.16. The van der Waals surface area contributed by atoms with Gasteiger partial charge in [-0.3, -0.25) is 0 Å². The van der Waals surface area contributed by atoms with E-state index in [2.05, 4.69) is 0 Å². The number of halogens is 3. The fraction of sp³-hybridized carbons (Fsp3) is 0.632. The number of benzene rings is 1. The summed E-state index contributed by atoms with van der Waals surface area (Å²) in [6, 6.07) is 5.33. The molecule has 136 valence electrons. The van der Waals surface area contributed by atoms with Gasteiger partial charge in [-0.15, -0.1) is 0 Å². The number of alkyl halides is 3. The van der Waals surface area contributed by atoms with E-state index in [-0.39, 0.29) is 11.7 Å². The third-order valence-electron chi connectivity index (χ3n) is 5.16. The lowest BCUT2D eigenvalue weighted by Gasteiger charge is -2.36. The molecule has 0 bridgehead atoms. The van der Waals surface area contributed by atoms with Crippen LogP contribution in [0.3, 0.4) is 0 Å². The second-order valence-electron chi connectivity index (χ2n) is 6.92. The van der Waals surface area contributed by atoms with E-state index in [4.69, 9.17) is 4.74 Å². The number of hydrogen-bond donors (Lipinski definition) is 0. The minimum atomic E-state index is -4.43. The zero-order valence-electron chi connectivity index (χ0n) is 14.2. The van der Waals surface area contributed by atoms with Crippen LogP contribution in [0.1, 0.15) is 56.1 Å². The molecular formula is C19H23F3N2O. The van der Waals surface area contributed by atoms with Gasteiger partial charge in [-0.2, -0.15) is 18.4 Å². The summed E-state index contributed by atoms with van der Waals surface area (Å²) in [7, 11) is 0. The van der Waals surface area contributed by atoms with Crippen molar-refractivity contribution in [1.29, 1.82) is 5.26 Å². The molecule has 0 amide bonds. The van der Waals surface area contributed by atoms with Crippen LogP contribution >= 0.6 is 0 Å². The Kier molecular flexibility index (Phi) is 5.53. The van der Waals surface area contributed by atoms with Crippen molar-refractivity contribution in [2.24, 2.45) is 0 Å². The van der Waals surface area contributed by atoms with Crippen molar-refractivity contribution in [2.45, 2.75) is 63.3 Å². The van der Waals surface area contributed by atoms with Crippen molar-refractivity contribution < 1.29 is 17.9 Å². The minimum Gasteiger partial charge on any atom is -0.375 e. The molecule has 0 radical (unpaired) electrons. The van der Waals surface area contributed by atoms with E-state index in [0.717, 1.165) is 37.8 Å². The Bertz CT molecular complexity index is 625. The zero-order valence-corrected chi connectivity index (χ0v) is 14.2. The number of rotatable bonds is 3. The Hall–Kier alpha value is -1.74. The second-order valence-corrected chi connectivity index (χ2v) is 6.92. The minimum absolute atomic E-state index is 0.0847. The molecule has 1 aromatic carbocycles. The Balaban J connectivity index is 1.61. The van der Waals surface area contributed by atoms with E-state index in [9.17, 15) is 18.4 Å². The molecule has 3 nitrogen and oxygen atoms in total. The number of nitriles is 1. The van der Waals surface area contributed by atoms with Gasteiger partial charge in [0.2, 0.25) is 0 Å². The highest BCUT2D eigenvalue weighted by Crippen LogP contribution is 2.34. The SMILES string of the molecule is N#Cc1cc(C(F)(F)F)ccc1N1CCC(OC2CCCCC2)CC1. The number of ether oxygens (including phenoxy) is 1. The van der Waals surface area contributed by atoms with Crippen LogP contribution in [0.4, 0.5) is 18.9 Å². The summed E-state index contributed by atoms with van der Waals surface area (Å²) < 4.78 is 44.6. The number of anilines is 1. The van der Waals surface area contributed by atoms with Crippen LogP contribution in [0.2, 0.25) is 0 Å². The highest BCUT2D eigenvalue weighted by Gasteiger charge is 2.32. The number of piperidine rings is 1. The molecule has 1 aliphatic heterocycles. The van der Waals surface area contributed by atoms with Gasteiger partial charge in [-0.1, -0.05) is 19.3 Å². The Labute approximate surface area is 146 Å². The highest BCUT2D eigenvalue weighted by molar-refractivity contribution is 5.61. The van der Waals surface area contributed by atoms with E-state index in [1.165, 1.54) is 25.3 Å². The molecule has 3 rings (SSSR count). The first-order valence-corrected chi connectivity index (χ1v) is 8.99. The number of hydrogen-bond acceptors (Lipinski definition) is 3. The molecule has 0 spiro atoms. The molecule has 25 heavy (non-hydrogen) atoms. The predicted octanol–water partition coefficient (Wildman–Crippen LogP) is 4.90. The fourth-order valence-corrected chi connectivity index (χ4v) is 3.78. The van der Waals surface area contributed by atoms with Gasteiger partial charge >= 0.3 is 6.18 Å². The maximum atomic E-state index is 12.8. The lowest BCUT2D eigenvalue weighted by Crippen LogP contribution is -2.39. The quantitative estimate of drug-likeness (QED) is 0.777. The summed E-state index contributed by atoms with van der Waals surface area (Å²) in [5.41, 5.74) is -0.101. The molecule has 1 heterocycles. The summed E-state index contributed by atoms with van der Waals surface area (Å²) in [4.78, 5) is 2.00. The van der Waals surface area contributed by atoms with Crippen LogP contribution in [0.15, 0.2) is 18.2 Å². The molecule has 0 atom stereocenters. The monoisotopic (exact) mass is 352 g/mol. The Morgan fingerprint density at radius 1 is 1.00 bits per heavy atom. The Morgan fingerprint density at radius 3 is 2.24 bits per heavy atom. The number of nitrogens with zero attached hydrogens (tertiary/aromatic N) is 2. The normalized spacial score (nSPS) is 20.5. The van der Waals surface area contributed by atoms with Crippen molar-refractivity contribution in [1.82, 2.24) is 0 Å². The lowest BCUT2D eigenvalue weighted by atomic mass is 9.97. The van der Waals surface area contributed by atoms with Gasteiger partial charge in [0.25, 0.3) is 0 Å². The van der Waals surface area contributed by atoms with Crippen LogP contribution in [-0.4, -0.2) is 25.3 Å². The van der Waals surface area contributed by atoms with E-state index < -0.39 is 11.7 Å². The van der Waals surface area contributed by atoms with Crippen molar-refractivity contribution in [3.05, 3.63) is 29.3 Å². The maximum absolute atomic E-state index is 12.8. The first kappa shape index (κ1) is 18.1. The third kappa shape index (κ3) is 4.46. The Morgan fingerprint density at radius 2 is 1.64 bits per heavy atom. The van der Waals surface area contributed by atoms with Crippen molar-refractivity contribution in [2.75, 3.05) is 18.0 Å². The standard InChI is InChI=1S/C19H23F3N2O/c20-19(21,22)15-6-7-18(14(12-15)13-23)24-10-8-17(9-11-24)25-16-4-2-1-3-5-16/h6-7,12,16-17H,1-5,8-11H2. The topological polar surface area (TPSA) is 36.3 Å². The fourth-order valence-electron chi connectivity index (χ4n) is 3.78. The molecular weight excluding hydrogens is 329 g/mol. The molecule has 2 fully saturated rings. The molecule has 1 aliphatic carbocycles. The van der Waals surface area contributed by atoms with Gasteiger partial charge < -0.3 is 9.64 Å². The summed E-state index contributed by atoms with van der Waals surface area (Å²) in [5, 5.41) is 9.24. The van der Waals surface area contributed by atoms with Crippen LogP contribution in [0, 0.1) is 11.3 Å². The van der Waals surface area contributed by atoms with E-state index in [0.29, 0.717) is 24.9 Å². The summed E-state index contributed by atoms with van der Waals surface area (Å²) in [6.07, 6.45) is 3.90. The highest BCUT2D eigenvalue weighted by atomic mass is 19.4. The van der Waals surface area contributed by atoms with Crippen LogP contribution in [0.25, 0.3) is 0 Å². The molecule has 2 aliphatic rings. The maximum Gasteiger partial charge on any atom is 0.416 e. The molecule has 1 aromatic rings. The van der Waals surface area contributed by atoms with Crippen molar-refractivity contribution in [3.8, 4) is 6.07 Å². The molecule has 0 aromatic heterocycles. The van der Waals surface area contributed by atoms with Crippen LogP contribution in [-0.2, 0) is 10.9 Å². The van der Waals surface area contributed by atoms with Gasteiger partial charge in [-0.25, -0.2) is 0 Å². The summed E-state index contributed by atoms with van der Waals surface area (Å²) >= 11 is 0. The zero-order chi connectivity index (χ0) is 17.9. The average molecular weight is 352 g/mol. The van der Waals surface area contributed by atoms with Crippen LogP contribution < -0.4 is 4.90 Å². The van der Waals surface area contributed by atoms with Crippen LogP contribution in [0.5, 0.6) is 0 Å². The predicted molar refractivity (Wildman–Crippen MR) is 89.4 cm³/mol. The first-order valence-electron chi connectivity index (χ1n) is 8.99. The van der Waals surface area contributed by atoms with Gasteiger partial charge in [0.05, 0.1) is 29.0 Å². The van der Waals surface area contributed by atoms with Gasteiger partial charge in [0.15, 0.2) is 0 Å². The van der Waals surface area contributed by atoms with Crippen molar-refractivity contribution >= 4 is 5.69 Å². The van der Waals surface area contributed by atoms with Gasteiger partial charge in [0.1, 0.15) is 6.07 Å². The summed E-state index contributed by atoms with van der Waals surface area (Å²) in [6.45, 7) is 1.41. The summed E-state index contributed by atoms with van der Waals surface area (Å²) in [5.74, 6) is 0. The van der Waals surface area contributed by atoms with Gasteiger partial charge in [-0.05, 0) is 43.9 Å². The smallest absolute Gasteiger partial charge is 0.375 e.